The summed E-state index contributed by atoms with van der Waals surface area (Å²) in [5.41, 5.74) is 2.28. The van der Waals surface area contributed by atoms with Gasteiger partial charge in [-0.1, -0.05) is 93.8 Å². The number of esters is 2. The van der Waals surface area contributed by atoms with E-state index >= 15 is 0 Å². The Balaban J connectivity index is 1.42. The lowest BCUT2D eigenvalue weighted by Gasteiger charge is -2.28. The van der Waals surface area contributed by atoms with Crippen LogP contribution in [0.4, 0.5) is 0 Å². The lowest BCUT2D eigenvalue weighted by atomic mass is 9.77. The van der Waals surface area contributed by atoms with Crippen molar-refractivity contribution < 1.29 is 28.5 Å². The van der Waals surface area contributed by atoms with Gasteiger partial charge in [-0.2, -0.15) is 0 Å². The third-order valence-electron chi connectivity index (χ3n) is 7.07. The fourth-order valence-corrected chi connectivity index (χ4v) is 4.94. The Morgan fingerprint density at radius 3 is 1.38 bits per heavy atom. The Morgan fingerprint density at radius 1 is 0.571 bits per heavy atom. The lowest BCUT2D eigenvalue weighted by Crippen LogP contribution is -2.18. The maximum absolute atomic E-state index is 12.3. The second-order valence-corrected chi connectivity index (χ2v) is 10.1. The molecule has 0 aliphatic heterocycles. The standard InChI is InChI=1S/C36H38O6/c1-3-5-12-27(4-2)36(28-17-21-32(22-18-28)41-34(37)25-39-30-13-8-6-9-14-30)29-19-23-33(24-20-29)42-35(38)26-40-31-15-10-7-11-16-31/h6-11,13-24,27,36H,3-5,12,25-26H2,1-2H3. The van der Waals surface area contributed by atoms with E-state index < -0.39 is 11.9 Å². The molecule has 0 fully saturated rings. The van der Waals surface area contributed by atoms with E-state index in [1.165, 1.54) is 0 Å². The second-order valence-electron chi connectivity index (χ2n) is 10.1. The Kier molecular flexibility index (Phi) is 11.6. The van der Waals surface area contributed by atoms with Gasteiger partial charge >= 0.3 is 11.9 Å². The van der Waals surface area contributed by atoms with Crippen LogP contribution in [-0.2, 0) is 9.59 Å². The van der Waals surface area contributed by atoms with Crippen molar-refractivity contribution in [3.8, 4) is 23.0 Å². The smallest absolute Gasteiger partial charge is 0.349 e. The first-order chi connectivity index (χ1) is 20.6. The molecule has 1 unspecified atom stereocenters. The molecule has 4 rings (SSSR count). The SMILES string of the molecule is CCCCC(CC)C(c1ccc(OC(=O)COc2ccccc2)cc1)c1ccc(OC(=O)COc2ccccc2)cc1. The summed E-state index contributed by atoms with van der Waals surface area (Å²) < 4.78 is 22.0. The highest BCUT2D eigenvalue weighted by molar-refractivity contribution is 5.74. The molecule has 4 aromatic carbocycles. The fraction of sp³-hybridized carbons (Fsp3) is 0.278. The summed E-state index contributed by atoms with van der Waals surface area (Å²) in [6.07, 6.45) is 4.39. The van der Waals surface area contributed by atoms with E-state index in [0.29, 0.717) is 28.9 Å². The molecule has 42 heavy (non-hydrogen) atoms. The Hall–Kier alpha value is -4.58. The molecule has 0 spiro atoms. The molecule has 0 aliphatic carbocycles. The van der Waals surface area contributed by atoms with Crippen molar-refractivity contribution >= 4 is 11.9 Å². The van der Waals surface area contributed by atoms with Crippen molar-refractivity contribution in [2.45, 2.75) is 45.4 Å². The minimum absolute atomic E-state index is 0.138. The highest BCUT2D eigenvalue weighted by Crippen LogP contribution is 2.38. The van der Waals surface area contributed by atoms with Gasteiger partial charge in [0.25, 0.3) is 0 Å². The number of hydrogen-bond acceptors (Lipinski definition) is 6. The van der Waals surface area contributed by atoms with Gasteiger partial charge in [-0.25, -0.2) is 9.59 Å². The molecule has 0 bridgehead atoms. The molecule has 218 valence electrons. The van der Waals surface area contributed by atoms with Gasteiger partial charge in [0.1, 0.15) is 23.0 Å². The minimum Gasteiger partial charge on any atom is -0.482 e. The van der Waals surface area contributed by atoms with E-state index in [-0.39, 0.29) is 19.1 Å². The van der Waals surface area contributed by atoms with Gasteiger partial charge in [0.2, 0.25) is 0 Å². The van der Waals surface area contributed by atoms with Crippen molar-refractivity contribution in [1.29, 1.82) is 0 Å². The maximum Gasteiger partial charge on any atom is 0.349 e. The number of para-hydroxylation sites is 2. The van der Waals surface area contributed by atoms with Crippen LogP contribution < -0.4 is 18.9 Å². The average molecular weight is 567 g/mol. The molecule has 0 heterocycles. The minimum atomic E-state index is -0.461. The van der Waals surface area contributed by atoms with E-state index in [2.05, 4.69) is 13.8 Å². The summed E-state index contributed by atoms with van der Waals surface area (Å²) in [6, 6.07) is 33.8. The number of ether oxygens (including phenoxy) is 4. The van der Waals surface area contributed by atoms with Crippen LogP contribution in [0.15, 0.2) is 109 Å². The lowest BCUT2D eigenvalue weighted by molar-refractivity contribution is -0.137. The maximum atomic E-state index is 12.3. The predicted octanol–water partition coefficient (Wildman–Crippen LogP) is 8.00. The molecule has 0 aromatic heterocycles. The third-order valence-corrected chi connectivity index (χ3v) is 7.07. The van der Waals surface area contributed by atoms with Crippen molar-refractivity contribution in [2.24, 2.45) is 5.92 Å². The predicted molar refractivity (Wildman–Crippen MR) is 163 cm³/mol. The monoisotopic (exact) mass is 566 g/mol. The largest absolute Gasteiger partial charge is 0.482 e. The quantitative estimate of drug-likeness (QED) is 0.107. The van der Waals surface area contributed by atoms with Crippen LogP contribution in [0.25, 0.3) is 0 Å². The van der Waals surface area contributed by atoms with Gasteiger partial charge in [0.15, 0.2) is 13.2 Å². The van der Waals surface area contributed by atoms with Gasteiger partial charge in [0.05, 0.1) is 0 Å². The van der Waals surface area contributed by atoms with Gasteiger partial charge < -0.3 is 18.9 Å². The Bertz CT molecular complexity index is 1270. The zero-order valence-corrected chi connectivity index (χ0v) is 24.2. The van der Waals surface area contributed by atoms with E-state index in [1.807, 2.05) is 84.9 Å². The number of benzene rings is 4. The first kappa shape index (κ1) is 30.4. The zero-order valence-electron chi connectivity index (χ0n) is 24.2. The van der Waals surface area contributed by atoms with E-state index in [9.17, 15) is 9.59 Å². The number of unbranched alkanes of at least 4 members (excludes halogenated alkanes) is 1. The summed E-state index contributed by atoms with van der Waals surface area (Å²) in [6.45, 7) is 4.09. The highest BCUT2D eigenvalue weighted by Gasteiger charge is 2.24. The molecular weight excluding hydrogens is 528 g/mol. The fourth-order valence-electron chi connectivity index (χ4n) is 4.94. The van der Waals surface area contributed by atoms with Crippen LogP contribution in [0.5, 0.6) is 23.0 Å². The summed E-state index contributed by atoms with van der Waals surface area (Å²) in [7, 11) is 0. The van der Waals surface area contributed by atoms with Crippen LogP contribution in [0.2, 0.25) is 0 Å². The summed E-state index contributed by atoms with van der Waals surface area (Å²) >= 11 is 0. The molecular formula is C36H38O6. The van der Waals surface area contributed by atoms with Crippen LogP contribution in [0.3, 0.4) is 0 Å². The normalized spacial score (nSPS) is 11.5. The molecule has 6 heteroatoms. The molecule has 6 nitrogen and oxygen atoms in total. The molecule has 0 N–H and O–H groups in total. The molecule has 0 saturated carbocycles. The van der Waals surface area contributed by atoms with Gasteiger partial charge in [0, 0.05) is 5.92 Å². The zero-order chi connectivity index (χ0) is 29.6. The van der Waals surface area contributed by atoms with Crippen LogP contribution in [0.1, 0.15) is 56.6 Å². The van der Waals surface area contributed by atoms with Crippen molar-refractivity contribution in [3.63, 3.8) is 0 Å². The Morgan fingerprint density at radius 2 is 1.00 bits per heavy atom. The second kappa shape index (κ2) is 16.0. The molecule has 4 aromatic rings. The summed E-state index contributed by atoms with van der Waals surface area (Å²) in [5.74, 6) is 1.82. The molecule has 0 radical (unpaired) electrons. The first-order valence-corrected chi connectivity index (χ1v) is 14.5. The highest BCUT2D eigenvalue weighted by atomic mass is 16.6. The topological polar surface area (TPSA) is 71.1 Å². The van der Waals surface area contributed by atoms with E-state index in [0.717, 1.165) is 36.8 Å². The van der Waals surface area contributed by atoms with Crippen LogP contribution in [0, 0.1) is 5.92 Å². The average Bonchev–Trinajstić information content (AvgIpc) is 3.03. The van der Waals surface area contributed by atoms with Crippen LogP contribution >= 0.6 is 0 Å². The van der Waals surface area contributed by atoms with Crippen LogP contribution in [-0.4, -0.2) is 25.2 Å². The van der Waals surface area contributed by atoms with Gasteiger partial charge in [-0.05, 0) is 72.0 Å². The molecule has 0 aliphatic rings. The van der Waals surface area contributed by atoms with E-state index in [4.69, 9.17) is 18.9 Å². The number of hydrogen-bond donors (Lipinski definition) is 0. The number of carbonyl (C=O) groups excluding carboxylic acids is 2. The van der Waals surface area contributed by atoms with Gasteiger partial charge in [-0.3, -0.25) is 0 Å². The van der Waals surface area contributed by atoms with Gasteiger partial charge in [-0.15, -0.1) is 0 Å². The number of carbonyl (C=O) groups is 2. The van der Waals surface area contributed by atoms with Crippen molar-refractivity contribution in [2.75, 3.05) is 13.2 Å². The summed E-state index contributed by atoms with van der Waals surface area (Å²) in [5, 5.41) is 0. The third kappa shape index (κ3) is 9.23. The molecule has 0 saturated heterocycles. The Labute approximate surface area is 248 Å². The first-order valence-electron chi connectivity index (χ1n) is 14.5. The molecule has 1 atom stereocenters. The van der Waals surface area contributed by atoms with E-state index in [1.54, 1.807) is 24.3 Å². The number of rotatable bonds is 15. The summed E-state index contributed by atoms with van der Waals surface area (Å²) in [4.78, 5) is 24.7. The molecule has 0 amide bonds. The van der Waals surface area contributed by atoms with Crippen molar-refractivity contribution in [1.82, 2.24) is 0 Å². The van der Waals surface area contributed by atoms with Crippen molar-refractivity contribution in [3.05, 3.63) is 120 Å².